The number of nitrogens with zero attached hydrogens (tertiary/aromatic N) is 1. The van der Waals surface area contributed by atoms with Gasteiger partial charge in [0.2, 0.25) is 0 Å². The van der Waals surface area contributed by atoms with Gasteiger partial charge in [0.25, 0.3) is 0 Å². The van der Waals surface area contributed by atoms with Crippen LogP contribution in [-0.2, 0) is 11.3 Å². The number of rotatable bonds is 5. The van der Waals surface area contributed by atoms with Crippen molar-refractivity contribution in [3.05, 3.63) is 83.9 Å². The van der Waals surface area contributed by atoms with Gasteiger partial charge in [-0.15, -0.1) is 0 Å². The van der Waals surface area contributed by atoms with Crippen LogP contribution in [0, 0.1) is 6.92 Å². The molecular weight excluding hydrogens is 370 g/mol. The minimum atomic E-state index is 0.837. The Morgan fingerprint density at radius 2 is 1.77 bits per heavy atom. The van der Waals surface area contributed by atoms with Gasteiger partial charge in [0.1, 0.15) is 5.82 Å². The zero-order valence-corrected chi connectivity index (χ0v) is 17.3. The van der Waals surface area contributed by atoms with Crippen LogP contribution in [-0.4, -0.2) is 36.2 Å². The van der Waals surface area contributed by atoms with Gasteiger partial charge in [0.05, 0.1) is 18.7 Å². The van der Waals surface area contributed by atoms with Crippen molar-refractivity contribution < 1.29 is 4.74 Å². The van der Waals surface area contributed by atoms with Gasteiger partial charge in [-0.05, 0) is 41.8 Å². The maximum atomic E-state index is 5.46. The first-order valence-electron chi connectivity index (χ1n) is 10.6. The number of anilines is 2. The monoisotopic (exact) mass is 397 g/mol. The number of hydrogen-bond donors (Lipinski definition) is 2. The number of fused-ring (bicyclic) bond motifs is 1. The Balaban J connectivity index is 1.37. The molecule has 1 aliphatic heterocycles. The van der Waals surface area contributed by atoms with Crippen molar-refractivity contribution in [3.8, 4) is 11.1 Å². The van der Waals surface area contributed by atoms with Gasteiger partial charge in [-0.25, -0.2) is 0 Å². The van der Waals surface area contributed by atoms with E-state index in [-0.39, 0.29) is 0 Å². The molecule has 1 fully saturated rings. The SMILES string of the molecule is Cc1cc(Nc2cc3cccc(-c4ccccc4)c3[nH]2)ccc1CN1CCOCC1. The third kappa shape index (κ3) is 3.97. The molecule has 1 aromatic heterocycles. The second-order valence-electron chi connectivity index (χ2n) is 7.97. The van der Waals surface area contributed by atoms with Crippen LogP contribution in [0.5, 0.6) is 0 Å². The number of aromatic nitrogens is 1. The number of ether oxygens (including phenoxy) is 1. The first kappa shape index (κ1) is 18.9. The fraction of sp³-hybridized carbons (Fsp3) is 0.231. The van der Waals surface area contributed by atoms with Crippen molar-refractivity contribution in [2.45, 2.75) is 13.5 Å². The third-order valence-electron chi connectivity index (χ3n) is 5.86. The molecule has 0 atom stereocenters. The van der Waals surface area contributed by atoms with Crippen LogP contribution in [0.4, 0.5) is 11.5 Å². The maximum absolute atomic E-state index is 5.46. The number of morpholine rings is 1. The van der Waals surface area contributed by atoms with Crippen LogP contribution in [0.2, 0.25) is 0 Å². The number of para-hydroxylation sites is 1. The molecule has 2 N–H and O–H groups in total. The summed E-state index contributed by atoms with van der Waals surface area (Å²) in [5.41, 5.74) is 7.40. The minimum Gasteiger partial charge on any atom is -0.379 e. The largest absolute Gasteiger partial charge is 0.379 e. The van der Waals surface area contributed by atoms with Gasteiger partial charge in [0, 0.05) is 36.3 Å². The van der Waals surface area contributed by atoms with E-state index >= 15 is 0 Å². The summed E-state index contributed by atoms with van der Waals surface area (Å²) in [4.78, 5) is 6.04. The number of aromatic amines is 1. The lowest BCUT2D eigenvalue weighted by Crippen LogP contribution is -2.35. The molecule has 0 saturated carbocycles. The average Bonchev–Trinajstić information content (AvgIpc) is 3.19. The topological polar surface area (TPSA) is 40.3 Å². The molecule has 2 heterocycles. The molecule has 0 bridgehead atoms. The van der Waals surface area contributed by atoms with E-state index in [1.54, 1.807) is 0 Å². The first-order chi connectivity index (χ1) is 14.8. The van der Waals surface area contributed by atoms with Gasteiger partial charge < -0.3 is 15.0 Å². The quantitative estimate of drug-likeness (QED) is 0.452. The Bertz CT molecular complexity index is 1140. The van der Waals surface area contributed by atoms with Gasteiger partial charge in [-0.3, -0.25) is 4.90 Å². The third-order valence-corrected chi connectivity index (χ3v) is 5.86. The van der Waals surface area contributed by atoms with Crippen LogP contribution in [0.1, 0.15) is 11.1 Å². The zero-order chi connectivity index (χ0) is 20.3. The molecule has 0 aliphatic carbocycles. The van der Waals surface area contributed by atoms with Crippen LogP contribution >= 0.6 is 0 Å². The van der Waals surface area contributed by atoms with E-state index in [4.69, 9.17) is 4.74 Å². The van der Waals surface area contributed by atoms with Crippen molar-refractivity contribution in [1.29, 1.82) is 0 Å². The Morgan fingerprint density at radius 1 is 0.933 bits per heavy atom. The Morgan fingerprint density at radius 3 is 2.57 bits per heavy atom. The molecule has 4 nitrogen and oxygen atoms in total. The van der Waals surface area contributed by atoms with Crippen LogP contribution < -0.4 is 5.32 Å². The van der Waals surface area contributed by atoms with E-state index in [2.05, 4.69) is 94.9 Å². The Kier molecular flexibility index (Phi) is 5.26. The standard InChI is InChI=1S/C26H27N3O/c1-19-16-23(11-10-22(19)18-29-12-14-30-15-13-29)27-25-17-21-8-5-9-24(26(21)28-25)20-6-3-2-4-7-20/h2-11,16-17,27-28H,12-15,18H2,1H3. The van der Waals surface area contributed by atoms with E-state index in [0.717, 1.165) is 49.9 Å². The van der Waals surface area contributed by atoms with Gasteiger partial charge in [0.15, 0.2) is 0 Å². The maximum Gasteiger partial charge on any atom is 0.108 e. The summed E-state index contributed by atoms with van der Waals surface area (Å²) in [5.74, 6) is 1.01. The highest BCUT2D eigenvalue weighted by Crippen LogP contribution is 2.31. The lowest BCUT2D eigenvalue weighted by Gasteiger charge is -2.27. The number of aryl methyl sites for hydroxylation is 1. The molecule has 0 spiro atoms. The van der Waals surface area contributed by atoms with Crippen LogP contribution in [0.3, 0.4) is 0 Å². The molecule has 1 saturated heterocycles. The van der Waals surface area contributed by atoms with Gasteiger partial charge in [-0.1, -0.05) is 54.6 Å². The highest BCUT2D eigenvalue weighted by atomic mass is 16.5. The zero-order valence-electron chi connectivity index (χ0n) is 17.3. The van der Waals surface area contributed by atoms with E-state index in [0.29, 0.717) is 0 Å². The lowest BCUT2D eigenvalue weighted by atomic mass is 10.0. The van der Waals surface area contributed by atoms with Crippen molar-refractivity contribution in [3.63, 3.8) is 0 Å². The summed E-state index contributed by atoms with van der Waals surface area (Å²) in [6.45, 7) is 6.88. The van der Waals surface area contributed by atoms with Gasteiger partial charge in [-0.2, -0.15) is 0 Å². The molecular formula is C26H27N3O. The lowest BCUT2D eigenvalue weighted by molar-refractivity contribution is 0.0341. The van der Waals surface area contributed by atoms with E-state index < -0.39 is 0 Å². The highest BCUT2D eigenvalue weighted by molar-refractivity contribution is 5.96. The molecule has 4 aromatic rings. The molecule has 1 aliphatic rings. The van der Waals surface area contributed by atoms with E-state index in [1.807, 2.05) is 0 Å². The highest BCUT2D eigenvalue weighted by Gasteiger charge is 2.12. The number of hydrogen-bond acceptors (Lipinski definition) is 3. The summed E-state index contributed by atoms with van der Waals surface area (Å²) in [5, 5.41) is 4.76. The summed E-state index contributed by atoms with van der Waals surface area (Å²) >= 11 is 0. The Hall–Kier alpha value is -3.08. The number of benzene rings is 3. The second-order valence-corrected chi connectivity index (χ2v) is 7.97. The molecule has 5 rings (SSSR count). The molecule has 4 heteroatoms. The molecule has 0 amide bonds. The summed E-state index contributed by atoms with van der Waals surface area (Å²) in [6.07, 6.45) is 0. The van der Waals surface area contributed by atoms with Crippen LogP contribution in [0.25, 0.3) is 22.0 Å². The van der Waals surface area contributed by atoms with Crippen molar-refractivity contribution in [1.82, 2.24) is 9.88 Å². The number of H-pyrrole nitrogens is 1. The molecule has 0 radical (unpaired) electrons. The van der Waals surface area contributed by atoms with Crippen molar-refractivity contribution in [2.75, 3.05) is 31.6 Å². The van der Waals surface area contributed by atoms with Crippen LogP contribution in [0.15, 0.2) is 72.8 Å². The minimum absolute atomic E-state index is 0.837. The van der Waals surface area contributed by atoms with Crippen molar-refractivity contribution in [2.24, 2.45) is 0 Å². The Labute approximate surface area is 177 Å². The summed E-state index contributed by atoms with van der Waals surface area (Å²) in [6, 6.07) is 25.8. The normalized spacial score (nSPS) is 14.8. The summed E-state index contributed by atoms with van der Waals surface area (Å²) in [7, 11) is 0. The second kappa shape index (κ2) is 8.34. The fourth-order valence-corrected chi connectivity index (χ4v) is 4.19. The molecule has 30 heavy (non-hydrogen) atoms. The predicted octanol–water partition coefficient (Wildman–Crippen LogP) is 5.72. The van der Waals surface area contributed by atoms with E-state index in [9.17, 15) is 0 Å². The van der Waals surface area contributed by atoms with E-state index in [1.165, 1.54) is 27.6 Å². The van der Waals surface area contributed by atoms with Gasteiger partial charge >= 0.3 is 0 Å². The van der Waals surface area contributed by atoms with Crippen molar-refractivity contribution >= 4 is 22.4 Å². The smallest absolute Gasteiger partial charge is 0.108 e. The fourth-order valence-electron chi connectivity index (χ4n) is 4.19. The molecule has 0 unspecified atom stereocenters. The average molecular weight is 398 g/mol. The number of nitrogens with one attached hydrogen (secondary N) is 2. The predicted molar refractivity (Wildman–Crippen MR) is 124 cm³/mol. The first-order valence-corrected chi connectivity index (χ1v) is 10.6. The molecule has 152 valence electrons. The molecule has 3 aromatic carbocycles. The summed E-state index contributed by atoms with van der Waals surface area (Å²) < 4.78 is 5.46.